The largest absolute Gasteiger partial charge is 0.496 e. The number of methoxy groups -OCH3 is 2. The van der Waals surface area contributed by atoms with Gasteiger partial charge >= 0.3 is 0 Å². The van der Waals surface area contributed by atoms with Gasteiger partial charge in [0.05, 0.1) is 19.8 Å². The molecule has 0 aliphatic rings. The highest BCUT2D eigenvalue weighted by atomic mass is 16.5. The number of nitrogens with zero attached hydrogens (tertiary/aromatic N) is 1. The van der Waals surface area contributed by atoms with Crippen LogP contribution in [0.3, 0.4) is 0 Å². The minimum atomic E-state index is -0.154. The van der Waals surface area contributed by atoms with Crippen LogP contribution in [0.1, 0.15) is 18.5 Å². The van der Waals surface area contributed by atoms with Crippen LogP contribution in [0.15, 0.2) is 12.3 Å². The Kier molecular flexibility index (Phi) is 3.08. The van der Waals surface area contributed by atoms with Crippen molar-refractivity contribution in [3.8, 4) is 11.6 Å². The van der Waals surface area contributed by atoms with E-state index in [4.69, 9.17) is 15.2 Å². The minimum absolute atomic E-state index is 0.154. The molecule has 0 unspecified atom stereocenters. The normalized spacial score (nSPS) is 12.3. The van der Waals surface area contributed by atoms with E-state index >= 15 is 0 Å². The van der Waals surface area contributed by atoms with Gasteiger partial charge in [-0.25, -0.2) is 4.98 Å². The summed E-state index contributed by atoms with van der Waals surface area (Å²) in [5.74, 6) is 1.23. The van der Waals surface area contributed by atoms with Crippen molar-refractivity contribution < 1.29 is 9.47 Å². The van der Waals surface area contributed by atoms with Crippen molar-refractivity contribution in [2.75, 3.05) is 14.2 Å². The Morgan fingerprint density at radius 3 is 2.54 bits per heavy atom. The van der Waals surface area contributed by atoms with Gasteiger partial charge in [0.25, 0.3) is 0 Å². The van der Waals surface area contributed by atoms with Crippen molar-refractivity contribution in [2.45, 2.75) is 13.0 Å². The van der Waals surface area contributed by atoms with Crippen molar-refractivity contribution in [3.05, 3.63) is 17.8 Å². The average molecular weight is 182 g/mol. The predicted octanol–water partition coefficient (Wildman–Crippen LogP) is 1.12. The van der Waals surface area contributed by atoms with Gasteiger partial charge in [0.15, 0.2) is 0 Å². The fourth-order valence-corrected chi connectivity index (χ4v) is 1.20. The van der Waals surface area contributed by atoms with Crippen LogP contribution in [0.5, 0.6) is 11.6 Å². The summed E-state index contributed by atoms with van der Waals surface area (Å²) in [4.78, 5) is 4.04. The van der Waals surface area contributed by atoms with Crippen LogP contribution < -0.4 is 15.2 Å². The molecule has 0 aliphatic heterocycles. The monoisotopic (exact) mass is 182 g/mol. The number of aromatic nitrogens is 1. The number of pyridine rings is 1. The molecule has 0 radical (unpaired) electrons. The molecular weight excluding hydrogens is 168 g/mol. The molecule has 1 aromatic heterocycles. The van der Waals surface area contributed by atoms with Gasteiger partial charge in [-0.05, 0) is 13.0 Å². The molecule has 4 nitrogen and oxygen atoms in total. The standard InChI is InChI=1S/C9H14N2O2/c1-6(10)8-7(12-2)4-5-11-9(8)13-3/h4-6H,10H2,1-3H3/t6-/m1/s1. The molecule has 2 N–H and O–H groups in total. The van der Waals surface area contributed by atoms with Crippen molar-refractivity contribution >= 4 is 0 Å². The van der Waals surface area contributed by atoms with Crippen LogP contribution in [-0.4, -0.2) is 19.2 Å². The Morgan fingerprint density at radius 1 is 1.38 bits per heavy atom. The maximum atomic E-state index is 5.77. The molecule has 0 fully saturated rings. The van der Waals surface area contributed by atoms with Gasteiger partial charge in [-0.2, -0.15) is 0 Å². The summed E-state index contributed by atoms with van der Waals surface area (Å²) in [6, 6.07) is 1.61. The van der Waals surface area contributed by atoms with E-state index in [1.165, 1.54) is 0 Å². The summed E-state index contributed by atoms with van der Waals surface area (Å²) in [5.41, 5.74) is 6.57. The van der Waals surface area contributed by atoms with Crippen LogP contribution in [-0.2, 0) is 0 Å². The quantitative estimate of drug-likeness (QED) is 0.761. The molecule has 0 bridgehead atoms. The molecule has 0 amide bonds. The Labute approximate surface area is 77.7 Å². The van der Waals surface area contributed by atoms with Gasteiger partial charge in [0.1, 0.15) is 5.75 Å². The summed E-state index contributed by atoms with van der Waals surface area (Å²) >= 11 is 0. The summed E-state index contributed by atoms with van der Waals surface area (Å²) in [5, 5.41) is 0. The van der Waals surface area contributed by atoms with Crippen LogP contribution in [0.25, 0.3) is 0 Å². The van der Waals surface area contributed by atoms with E-state index in [0.717, 1.165) is 5.56 Å². The first-order valence-corrected chi connectivity index (χ1v) is 4.03. The average Bonchev–Trinajstić information content (AvgIpc) is 2.16. The predicted molar refractivity (Wildman–Crippen MR) is 49.9 cm³/mol. The third-order valence-corrected chi connectivity index (χ3v) is 1.78. The molecule has 4 heteroatoms. The second kappa shape index (κ2) is 4.09. The zero-order valence-corrected chi connectivity index (χ0v) is 8.07. The number of ether oxygens (including phenoxy) is 2. The van der Waals surface area contributed by atoms with Crippen LogP contribution in [0.2, 0.25) is 0 Å². The van der Waals surface area contributed by atoms with Gasteiger partial charge in [-0.15, -0.1) is 0 Å². The molecule has 0 saturated carbocycles. The molecule has 1 heterocycles. The first-order chi connectivity index (χ1) is 6.20. The van der Waals surface area contributed by atoms with E-state index in [-0.39, 0.29) is 6.04 Å². The summed E-state index contributed by atoms with van der Waals surface area (Å²) in [7, 11) is 3.16. The van der Waals surface area contributed by atoms with Gasteiger partial charge in [0.2, 0.25) is 5.88 Å². The van der Waals surface area contributed by atoms with Crippen LogP contribution in [0.4, 0.5) is 0 Å². The highest BCUT2D eigenvalue weighted by Crippen LogP contribution is 2.30. The molecule has 1 aromatic rings. The van der Waals surface area contributed by atoms with E-state index < -0.39 is 0 Å². The summed E-state index contributed by atoms with van der Waals surface area (Å²) in [6.45, 7) is 1.86. The number of rotatable bonds is 3. The van der Waals surface area contributed by atoms with Gasteiger partial charge < -0.3 is 15.2 Å². The maximum Gasteiger partial charge on any atom is 0.221 e. The second-order valence-electron chi connectivity index (χ2n) is 2.72. The highest BCUT2D eigenvalue weighted by molar-refractivity contribution is 5.41. The summed E-state index contributed by atoms with van der Waals surface area (Å²) in [6.07, 6.45) is 1.63. The zero-order valence-electron chi connectivity index (χ0n) is 8.07. The number of nitrogens with two attached hydrogens (primary N) is 1. The molecular formula is C9H14N2O2. The molecule has 0 aliphatic carbocycles. The molecule has 0 aromatic carbocycles. The highest BCUT2D eigenvalue weighted by Gasteiger charge is 2.14. The topological polar surface area (TPSA) is 57.4 Å². The van der Waals surface area contributed by atoms with Crippen LogP contribution in [0, 0.1) is 0 Å². The van der Waals surface area contributed by atoms with E-state index in [1.807, 2.05) is 6.92 Å². The van der Waals surface area contributed by atoms with Crippen molar-refractivity contribution in [3.63, 3.8) is 0 Å². The lowest BCUT2D eigenvalue weighted by Gasteiger charge is -2.13. The van der Waals surface area contributed by atoms with E-state index in [1.54, 1.807) is 26.5 Å². The Morgan fingerprint density at radius 2 is 2.08 bits per heavy atom. The number of hydrogen-bond donors (Lipinski definition) is 1. The third kappa shape index (κ3) is 1.89. The van der Waals surface area contributed by atoms with E-state index in [0.29, 0.717) is 11.6 Å². The molecule has 72 valence electrons. The Bertz CT molecular complexity index is 265. The molecule has 1 atom stereocenters. The summed E-state index contributed by atoms with van der Waals surface area (Å²) < 4.78 is 10.2. The molecule has 13 heavy (non-hydrogen) atoms. The van der Waals surface area contributed by atoms with Crippen LogP contribution >= 0.6 is 0 Å². The molecule has 0 saturated heterocycles. The zero-order chi connectivity index (χ0) is 9.84. The SMILES string of the molecule is COc1ccnc(OC)c1[C@@H](C)N. The molecule has 0 spiro atoms. The van der Waals surface area contributed by atoms with E-state index in [9.17, 15) is 0 Å². The fourth-order valence-electron chi connectivity index (χ4n) is 1.20. The van der Waals surface area contributed by atoms with Crippen molar-refractivity contribution in [2.24, 2.45) is 5.73 Å². The van der Waals surface area contributed by atoms with Crippen molar-refractivity contribution in [1.29, 1.82) is 0 Å². The Balaban J connectivity index is 3.21. The number of hydrogen-bond acceptors (Lipinski definition) is 4. The third-order valence-electron chi connectivity index (χ3n) is 1.78. The van der Waals surface area contributed by atoms with Gasteiger partial charge in [-0.1, -0.05) is 0 Å². The maximum absolute atomic E-state index is 5.77. The minimum Gasteiger partial charge on any atom is -0.496 e. The molecule has 1 rings (SSSR count). The lowest BCUT2D eigenvalue weighted by atomic mass is 10.1. The lowest BCUT2D eigenvalue weighted by molar-refractivity contribution is 0.369. The fraction of sp³-hybridized carbons (Fsp3) is 0.444. The first kappa shape index (κ1) is 9.80. The lowest BCUT2D eigenvalue weighted by Crippen LogP contribution is -2.09. The second-order valence-corrected chi connectivity index (χ2v) is 2.72. The first-order valence-electron chi connectivity index (χ1n) is 4.03. The van der Waals surface area contributed by atoms with Crippen molar-refractivity contribution in [1.82, 2.24) is 4.98 Å². The van der Waals surface area contributed by atoms with Gasteiger partial charge in [-0.3, -0.25) is 0 Å². The Hall–Kier alpha value is -1.29. The smallest absolute Gasteiger partial charge is 0.221 e. The van der Waals surface area contributed by atoms with Gasteiger partial charge in [0, 0.05) is 12.2 Å². The van der Waals surface area contributed by atoms with E-state index in [2.05, 4.69) is 4.98 Å².